The number of hydrogen-bond acceptors (Lipinski definition) is 3. The molecule has 48 valence electrons. The minimum absolute atomic E-state index is 0.300. The molecular weight excluding hydrogens is 127 g/mol. The Morgan fingerprint density at radius 1 is 1.50 bits per heavy atom. The van der Waals surface area contributed by atoms with E-state index < -0.39 is 0 Å². The van der Waals surface area contributed by atoms with Crippen molar-refractivity contribution in [3.63, 3.8) is 0 Å². The summed E-state index contributed by atoms with van der Waals surface area (Å²) in [4.78, 5) is 0. The normalized spacial score (nSPS) is 10.9. The van der Waals surface area contributed by atoms with Crippen LogP contribution >= 0.6 is 8.46 Å². The molecule has 0 heterocycles. The molecule has 0 aliphatic rings. The molecule has 0 spiro atoms. The molecule has 0 bridgehead atoms. The lowest BCUT2D eigenvalue weighted by Gasteiger charge is -2.03. The first-order valence-corrected chi connectivity index (χ1v) is 3.37. The van der Waals surface area contributed by atoms with Crippen LogP contribution in [0.2, 0.25) is 0 Å². The van der Waals surface area contributed by atoms with Crippen LogP contribution in [0.1, 0.15) is 0 Å². The molecule has 3 nitrogen and oxygen atoms in total. The lowest BCUT2D eigenvalue weighted by Crippen LogP contribution is -2.13. The molecule has 0 saturated carbocycles. The summed E-state index contributed by atoms with van der Waals surface area (Å²) in [5, 5.41) is 0. The molecule has 0 amide bonds. The summed E-state index contributed by atoms with van der Waals surface area (Å²) >= 11 is 0. The topological polar surface area (TPSA) is 35.5 Å². The van der Waals surface area contributed by atoms with Crippen LogP contribution in [0.25, 0.3) is 0 Å². The SMILES string of the molecule is COC(C[PH+]=O)OC. The Morgan fingerprint density at radius 2 is 2.00 bits per heavy atom. The third-order valence-corrected chi connectivity index (χ3v) is 1.28. The fourth-order valence-electron chi connectivity index (χ4n) is 0.331. The molecule has 0 radical (unpaired) electrons. The number of methoxy groups -OCH3 is 2. The highest BCUT2D eigenvalue weighted by atomic mass is 31.1. The van der Waals surface area contributed by atoms with Crippen molar-refractivity contribution in [2.24, 2.45) is 0 Å². The lowest BCUT2D eigenvalue weighted by atomic mass is 10.7. The van der Waals surface area contributed by atoms with E-state index in [0.29, 0.717) is 6.16 Å². The van der Waals surface area contributed by atoms with Crippen LogP contribution in [0.5, 0.6) is 0 Å². The first kappa shape index (κ1) is 8.02. The molecule has 0 N–H and O–H groups in total. The van der Waals surface area contributed by atoms with Gasteiger partial charge in [-0.3, -0.25) is 0 Å². The van der Waals surface area contributed by atoms with E-state index in [9.17, 15) is 4.57 Å². The van der Waals surface area contributed by atoms with Gasteiger partial charge in [0.1, 0.15) is 0 Å². The lowest BCUT2D eigenvalue weighted by molar-refractivity contribution is -0.0848. The predicted octanol–water partition coefficient (Wildman–Crippen LogP) is 0.629. The Balaban J connectivity index is 3.20. The van der Waals surface area contributed by atoms with Gasteiger partial charge in [-0.05, 0) is 0 Å². The Morgan fingerprint density at radius 3 is 2.12 bits per heavy atom. The van der Waals surface area contributed by atoms with E-state index in [2.05, 4.69) is 0 Å². The van der Waals surface area contributed by atoms with Gasteiger partial charge >= 0.3 is 8.46 Å². The van der Waals surface area contributed by atoms with Gasteiger partial charge in [-0.1, -0.05) is 4.57 Å². The second kappa shape index (κ2) is 5.16. The van der Waals surface area contributed by atoms with E-state index in [1.165, 1.54) is 14.2 Å². The van der Waals surface area contributed by atoms with E-state index in [0.717, 1.165) is 0 Å². The first-order chi connectivity index (χ1) is 3.85. The van der Waals surface area contributed by atoms with Gasteiger partial charge in [-0.2, -0.15) is 0 Å². The molecule has 0 fully saturated rings. The van der Waals surface area contributed by atoms with E-state index in [4.69, 9.17) is 9.47 Å². The van der Waals surface area contributed by atoms with Crippen LogP contribution in [-0.4, -0.2) is 26.7 Å². The smallest absolute Gasteiger partial charge is 0.330 e. The molecule has 1 atom stereocenters. The van der Waals surface area contributed by atoms with Crippen molar-refractivity contribution in [1.82, 2.24) is 0 Å². The van der Waals surface area contributed by atoms with Gasteiger partial charge in [-0.15, -0.1) is 0 Å². The van der Waals surface area contributed by atoms with E-state index >= 15 is 0 Å². The summed E-state index contributed by atoms with van der Waals surface area (Å²) in [5.41, 5.74) is 0. The number of ether oxygens (including phenoxy) is 2. The summed E-state index contributed by atoms with van der Waals surface area (Å²) in [6, 6.07) is 0. The summed E-state index contributed by atoms with van der Waals surface area (Å²) in [6.45, 7) is 0. The van der Waals surface area contributed by atoms with E-state index in [1.807, 2.05) is 0 Å². The van der Waals surface area contributed by atoms with Crippen molar-refractivity contribution in [1.29, 1.82) is 0 Å². The van der Waals surface area contributed by atoms with Crippen LogP contribution in [-0.2, 0) is 14.0 Å². The van der Waals surface area contributed by atoms with Gasteiger partial charge in [0.25, 0.3) is 0 Å². The molecule has 0 aromatic rings. The fourth-order valence-corrected chi connectivity index (χ4v) is 0.800. The maximum atomic E-state index is 9.93. The van der Waals surface area contributed by atoms with Gasteiger partial charge in [-0.25, -0.2) is 0 Å². The summed E-state index contributed by atoms with van der Waals surface area (Å²) in [6.07, 6.45) is 0.151. The quantitative estimate of drug-likeness (QED) is 0.421. The second-order valence-electron chi connectivity index (χ2n) is 1.25. The number of rotatable bonds is 4. The molecular formula is C4H10O3P+. The van der Waals surface area contributed by atoms with Crippen molar-refractivity contribution < 1.29 is 14.0 Å². The highest BCUT2D eigenvalue weighted by Crippen LogP contribution is 1.99. The maximum Gasteiger partial charge on any atom is 0.330 e. The average molecular weight is 137 g/mol. The third kappa shape index (κ3) is 3.08. The monoisotopic (exact) mass is 137 g/mol. The highest BCUT2D eigenvalue weighted by Gasteiger charge is 2.07. The molecule has 8 heavy (non-hydrogen) atoms. The van der Waals surface area contributed by atoms with Crippen molar-refractivity contribution in [3.05, 3.63) is 0 Å². The zero-order valence-electron chi connectivity index (χ0n) is 5.01. The van der Waals surface area contributed by atoms with Crippen LogP contribution in [0.4, 0.5) is 0 Å². The Bertz CT molecular complexity index is 62.3. The van der Waals surface area contributed by atoms with E-state index in [-0.39, 0.29) is 14.8 Å². The van der Waals surface area contributed by atoms with Crippen molar-refractivity contribution in [2.45, 2.75) is 6.29 Å². The van der Waals surface area contributed by atoms with Gasteiger partial charge in [0.15, 0.2) is 6.16 Å². The fraction of sp³-hybridized carbons (Fsp3) is 1.00. The van der Waals surface area contributed by atoms with Gasteiger partial charge in [0.05, 0.1) is 0 Å². The van der Waals surface area contributed by atoms with Crippen molar-refractivity contribution in [2.75, 3.05) is 20.4 Å². The average Bonchev–Trinajstić information content (AvgIpc) is 1.83. The van der Waals surface area contributed by atoms with E-state index in [1.54, 1.807) is 0 Å². The molecule has 0 saturated heterocycles. The van der Waals surface area contributed by atoms with Crippen molar-refractivity contribution in [3.8, 4) is 0 Å². The molecule has 0 aromatic carbocycles. The van der Waals surface area contributed by atoms with Gasteiger partial charge < -0.3 is 9.47 Å². The maximum absolute atomic E-state index is 9.93. The zero-order valence-corrected chi connectivity index (χ0v) is 6.01. The van der Waals surface area contributed by atoms with Gasteiger partial charge in [0.2, 0.25) is 6.29 Å². The van der Waals surface area contributed by atoms with Crippen LogP contribution in [0.15, 0.2) is 0 Å². The van der Waals surface area contributed by atoms with Crippen LogP contribution in [0.3, 0.4) is 0 Å². The Labute approximate surface area is 50.2 Å². The molecule has 0 aliphatic heterocycles. The van der Waals surface area contributed by atoms with Crippen molar-refractivity contribution >= 4 is 8.46 Å². The minimum Gasteiger partial charge on any atom is -0.352 e. The third-order valence-electron chi connectivity index (χ3n) is 0.776. The standard InChI is InChI=1S/C4H9O3P/c1-6-4(7-2)3-8-5/h4H,3H2,1-2H3/p+1. The minimum atomic E-state index is -0.348. The molecule has 4 heteroatoms. The first-order valence-electron chi connectivity index (χ1n) is 2.25. The highest BCUT2D eigenvalue weighted by molar-refractivity contribution is 7.23. The Kier molecular flexibility index (Phi) is 5.18. The molecule has 0 aromatic heterocycles. The number of hydrogen-bond donors (Lipinski definition) is 0. The summed E-state index contributed by atoms with van der Waals surface area (Å²) in [7, 11) is 2.70. The zero-order chi connectivity index (χ0) is 6.41. The van der Waals surface area contributed by atoms with Gasteiger partial charge in [0, 0.05) is 14.2 Å². The second-order valence-corrected chi connectivity index (χ2v) is 1.95. The van der Waals surface area contributed by atoms with Crippen LogP contribution in [0, 0.1) is 0 Å². The summed E-state index contributed by atoms with van der Waals surface area (Å²) < 4.78 is 19.4. The molecule has 1 unspecified atom stereocenters. The molecule has 0 rings (SSSR count). The van der Waals surface area contributed by atoms with Crippen LogP contribution < -0.4 is 0 Å². The Hall–Kier alpha value is 0.0200. The summed E-state index contributed by atoms with van der Waals surface area (Å²) in [5.74, 6) is 0. The largest absolute Gasteiger partial charge is 0.352 e. The predicted molar refractivity (Wildman–Crippen MR) is 31.7 cm³/mol. The molecule has 0 aliphatic carbocycles.